The summed E-state index contributed by atoms with van der Waals surface area (Å²) in [5.41, 5.74) is 1.78. The summed E-state index contributed by atoms with van der Waals surface area (Å²) in [6.45, 7) is 0.450. The Labute approximate surface area is 153 Å². The van der Waals surface area contributed by atoms with Gasteiger partial charge in [-0.1, -0.05) is 17.3 Å². The molecule has 7 heteroatoms. The van der Waals surface area contributed by atoms with Gasteiger partial charge in [0.1, 0.15) is 11.5 Å². The average Bonchev–Trinajstić information content (AvgIpc) is 3.09. The molecule has 3 rings (SSSR count). The fraction of sp³-hybridized carbons (Fsp3) is 0.176. The van der Waals surface area contributed by atoms with Gasteiger partial charge in [-0.25, -0.2) is 0 Å². The highest BCUT2D eigenvalue weighted by atomic mass is 127. The summed E-state index contributed by atoms with van der Waals surface area (Å²) >= 11 is 2.28. The van der Waals surface area contributed by atoms with E-state index in [1.54, 1.807) is 20.3 Å². The van der Waals surface area contributed by atoms with Gasteiger partial charge in [0, 0.05) is 15.3 Å². The van der Waals surface area contributed by atoms with Crippen LogP contribution in [-0.4, -0.2) is 24.4 Å². The van der Waals surface area contributed by atoms with Crippen molar-refractivity contribution in [1.29, 1.82) is 0 Å². The Morgan fingerprint density at radius 3 is 2.71 bits per heavy atom. The number of hydrogen-bond donors (Lipinski definition) is 1. The minimum Gasteiger partial charge on any atom is -0.497 e. The molecule has 0 saturated heterocycles. The molecule has 6 nitrogen and oxygen atoms in total. The molecule has 1 N–H and O–H groups in total. The van der Waals surface area contributed by atoms with Crippen LogP contribution in [0.1, 0.15) is 5.89 Å². The molecule has 0 bridgehead atoms. The molecular formula is C17H16IN3O3. The summed E-state index contributed by atoms with van der Waals surface area (Å²) in [6.07, 6.45) is 0. The molecule has 0 saturated carbocycles. The van der Waals surface area contributed by atoms with Gasteiger partial charge in [-0.15, -0.1) is 0 Å². The third kappa shape index (κ3) is 3.61. The van der Waals surface area contributed by atoms with E-state index in [2.05, 4.69) is 38.0 Å². The molecular weight excluding hydrogens is 421 g/mol. The number of methoxy groups -OCH3 is 2. The second-order valence-electron chi connectivity index (χ2n) is 4.91. The first-order valence-corrected chi connectivity index (χ1v) is 8.32. The summed E-state index contributed by atoms with van der Waals surface area (Å²) in [5, 5.41) is 7.32. The molecule has 1 aromatic heterocycles. The van der Waals surface area contributed by atoms with Crippen LogP contribution in [0.2, 0.25) is 0 Å². The number of hydrogen-bond acceptors (Lipinski definition) is 6. The summed E-state index contributed by atoms with van der Waals surface area (Å²) in [7, 11) is 3.20. The van der Waals surface area contributed by atoms with Gasteiger partial charge in [-0.3, -0.25) is 0 Å². The first-order chi connectivity index (χ1) is 11.7. The third-order valence-electron chi connectivity index (χ3n) is 3.42. The van der Waals surface area contributed by atoms with E-state index in [4.69, 9.17) is 14.0 Å². The zero-order valence-corrected chi connectivity index (χ0v) is 15.4. The second-order valence-corrected chi connectivity index (χ2v) is 6.07. The van der Waals surface area contributed by atoms with Crippen molar-refractivity contribution in [1.82, 2.24) is 10.1 Å². The minimum atomic E-state index is 0.450. The van der Waals surface area contributed by atoms with E-state index in [0.29, 0.717) is 29.8 Å². The molecule has 0 atom stereocenters. The van der Waals surface area contributed by atoms with Crippen molar-refractivity contribution in [3.63, 3.8) is 0 Å². The van der Waals surface area contributed by atoms with Gasteiger partial charge >= 0.3 is 0 Å². The lowest BCUT2D eigenvalue weighted by Crippen LogP contribution is -2.01. The maximum absolute atomic E-state index is 5.38. The normalized spacial score (nSPS) is 10.5. The van der Waals surface area contributed by atoms with Crippen LogP contribution in [-0.2, 0) is 6.54 Å². The van der Waals surface area contributed by atoms with E-state index in [1.807, 2.05) is 36.4 Å². The number of halogens is 1. The summed E-state index contributed by atoms with van der Waals surface area (Å²) in [5.74, 6) is 2.32. The smallest absolute Gasteiger partial charge is 0.246 e. The topological polar surface area (TPSA) is 69.4 Å². The highest BCUT2D eigenvalue weighted by molar-refractivity contribution is 14.1. The molecule has 0 fully saturated rings. The molecule has 24 heavy (non-hydrogen) atoms. The summed E-state index contributed by atoms with van der Waals surface area (Å²) < 4.78 is 17.0. The first kappa shape index (κ1) is 16.6. The number of nitrogens with one attached hydrogen (secondary N) is 1. The standard InChI is InChI=1S/C17H16IN3O3/c1-22-11-7-8-12(15(9-11)23-2)17-20-16(24-21-17)10-19-14-6-4-3-5-13(14)18/h3-9,19H,10H2,1-2H3. The van der Waals surface area contributed by atoms with Gasteiger partial charge < -0.3 is 19.3 Å². The molecule has 0 aliphatic carbocycles. The van der Waals surface area contributed by atoms with Crippen molar-refractivity contribution in [2.45, 2.75) is 6.54 Å². The number of para-hydroxylation sites is 1. The predicted octanol–water partition coefficient (Wildman–Crippen LogP) is 3.97. The second kappa shape index (κ2) is 7.52. The highest BCUT2D eigenvalue weighted by Gasteiger charge is 2.14. The Kier molecular flexibility index (Phi) is 5.19. The molecule has 0 aliphatic heterocycles. The number of anilines is 1. The lowest BCUT2D eigenvalue weighted by atomic mass is 10.2. The molecule has 0 aliphatic rings. The maximum atomic E-state index is 5.38. The largest absolute Gasteiger partial charge is 0.497 e. The molecule has 0 unspecified atom stereocenters. The predicted molar refractivity (Wildman–Crippen MR) is 99.3 cm³/mol. The average molecular weight is 437 g/mol. The van der Waals surface area contributed by atoms with Crippen LogP contribution in [0.3, 0.4) is 0 Å². The molecule has 1 heterocycles. The fourth-order valence-corrected chi connectivity index (χ4v) is 2.77. The molecule has 124 valence electrons. The number of nitrogens with zero attached hydrogens (tertiary/aromatic N) is 2. The van der Waals surface area contributed by atoms with E-state index >= 15 is 0 Å². The quantitative estimate of drug-likeness (QED) is 0.589. The van der Waals surface area contributed by atoms with Gasteiger partial charge in [-0.2, -0.15) is 4.98 Å². The van der Waals surface area contributed by atoms with E-state index in [-0.39, 0.29) is 0 Å². The van der Waals surface area contributed by atoms with Crippen molar-refractivity contribution in [2.75, 3.05) is 19.5 Å². The summed E-state index contributed by atoms with van der Waals surface area (Å²) in [6, 6.07) is 13.5. The monoisotopic (exact) mass is 437 g/mol. The van der Waals surface area contributed by atoms with Crippen molar-refractivity contribution in [3.8, 4) is 22.9 Å². The summed E-state index contributed by atoms with van der Waals surface area (Å²) in [4.78, 5) is 4.43. The molecule has 0 radical (unpaired) electrons. The lowest BCUT2D eigenvalue weighted by Gasteiger charge is -2.07. The van der Waals surface area contributed by atoms with Crippen LogP contribution >= 0.6 is 22.6 Å². The minimum absolute atomic E-state index is 0.450. The van der Waals surface area contributed by atoms with Crippen LogP contribution in [0.4, 0.5) is 5.69 Å². The molecule has 0 amide bonds. The van der Waals surface area contributed by atoms with Gasteiger partial charge in [0.15, 0.2) is 0 Å². The fourth-order valence-electron chi connectivity index (χ4n) is 2.19. The zero-order chi connectivity index (χ0) is 16.9. The zero-order valence-electron chi connectivity index (χ0n) is 13.2. The SMILES string of the molecule is COc1ccc(-c2noc(CNc3ccccc3I)n2)c(OC)c1. The maximum Gasteiger partial charge on any atom is 0.246 e. The first-order valence-electron chi connectivity index (χ1n) is 7.24. The van der Waals surface area contributed by atoms with Crippen LogP contribution in [0, 0.1) is 3.57 Å². The number of benzene rings is 2. The van der Waals surface area contributed by atoms with Crippen molar-refractivity contribution >= 4 is 28.3 Å². The van der Waals surface area contributed by atoms with Crippen LogP contribution in [0.5, 0.6) is 11.5 Å². The Balaban J connectivity index is 1.77. The van der Waals surface area contributed by atoms with Gasteiger partial charge in [0.2, 0.25) is 11.7 Å². The third-order valence-corrected chi connectivity index (χ3v) is 4.36. The van der Waals surface area contributed by atoms with Crippen LogP contribution < -0.4 is 14.8 Å². The van der Waals surface area contributed by atoms with Crippen LogP contribution in [0.25, 0.3) is 11.4 Å². The Morgan fingerprint density at radius 1 is 1.12 bits per heavy atom. The Hall–Kier alpha value is -2.29. The van der Waals surface area contributed by atoms with E-state index in [9.17, 15) is 0 Å². The number of aromatic nitrogens is 2. The molecule has 3 aromatic rings. The van der Waals surface area contributed by atoms with Gasteiger partial charge in [0.25, 0.3) is 0 Å². The van der Waals surface area contributed by atoms with E-state index in [1.165, 1.54) is 0 Å². The van der Waals surface area contributed by atoms with Gasteiger partial charge in [-0.05, 0) is 46.9 Å². The van der Waals surface area contributed by atoms with Crippen molar-refractivity contribution < 1.29 is 14.0 Å². The van der Waals surface area contributed by atoms with E-state index < -0.39 is 0 Å². The Bertz CT molecular complexity index is 835. The number of rotatable bonds is 6. The van der Waals surface area contributed by atoms with Crippen molar-refractivity contribution in [3.05, 3.63) is 51.9 Å². The van der Waals surface area contributed by atoms with Crippen LogP contribution in [0.15, 0.2) is 47.0 Å². The highest BCUT2D eigenvalue weighted by Crippen LogP contribution is 2.31. The number of ether oxygens (including phenoxy) is 2. The Morgan fingerprint density at radius 2 is 1.96 bits per heavy atom. The van der Waals surface area contributed by atoms with Crippen molar-refractivity contribution in [2.24, 2.45) is 0 Å². The van der Waals surface area contributed by atoms with E-state index in [0.717, 1.165) is 14.8 Å². The molecule has 0 spiro atoms. The van der Waals surface area contributed by atoms with Gasteiger partial charge in [0.05, 0.1) is 26.3 Å². The lowest BCUT2D eigenvalue weighted by molar-refractivity contribution is 0.382. The molecule has 2 aromatic carbocycles.